The number of hydrogen-bond donors (Lipinski definition) is 1. The summed E-state index contributed by atoms with van der Waals surface area (Å²) in [6.07, 6.45) is 1.79. The maximum Gasteiger partial charge on any atom is 0.174 e. The predicted molar refractivity (Wildman–Crippen MR) is 152 cm³/mol. The highest BCUT2D eigenvalue weighted by Crippen LogP contribution is 2.44. The minimum Gasteiger partial charge on any atom is -0.459 e. The molecule has 2 aromatic carbocycles. The van der Waals surface area contributed by atoms with Crippen molar-refractivity contribution in [2.24, 2.45) is 0 Å². The molecular weight excluding hydrogens is 527 g/mol. The summed E-state index contributed by atoms with van der Waals surface area (Å²) in [6.45, 7) is 3.26. The first-order valence-electron chi connectivity index (χ1n) is 12.1. The number of benzene rings is 2. The highest BCUT2D eigenvalue weighted by Gasteiger charge is 2.42. The normalized spacial score (nSPS) is 19.8. The molecule has 0 spiro atoms. The number of rotatable bonds is 5. The van der Waals surface area contributed by atoms with Crippen molar-refractivity contribution in [3.8, 4) is 11.3 Å². The summed E-state index contributed by atoms with van der Waals surface area (Å²) in [5.41, 5.74) is 3.80. The van der Waals surface area contributed by atoms with E-state index in [2.05, 4.69) is 44.4 Å². The highest BCUT2D eigenvalue weighted by molar-refractivity contribution is 7.80. The molecule has 188 valence electrons. The molecule has 6 rings (SSSR count). The Balaban J connectivity index is 1.38. The average molecular weight is 551 g/mol. The van der Waals surface area contributed by atoms with Gasteiger partial charge >= 0.3 is 0 Å². The Labute approximate surface area is 230 Å². The van der Waals surface area contributed by atoms with Gasteiger partial charge in [0.15, 0.2) is 5.11 Å². The van der Waals surface area contributed by atoms with Crippen LogP contribution in [0.15, 0.2) is 83.4 Å². The molecule has 2 aliphatic rings. The maximum absolute atomic E-state index is 6.47. The molecule has 6 nitrogen and oxygen atoms in total. The number of anilines is 2. The summed E-state index contributed by atoms with van der Waals surface area (Å²) in [5.74, 6) is 1.41. The van der Waals surface area contributed by atoms with Gasteiger partial charge in [0.1, 0.15) is 17.6 Å². The zero-order chi connectivity index (χ0) is 25.4. The van der Waals surface area contributed by atoms with Crippen molar-refractivity contribution in [2.75, 3.05) is 36.1 Å². The van der Waals surface area contributed by atoms with E-state index in [9.17, 15) is 0 Å². The first kappa shape index (κ1) is 24.2. The van der Waals surface area contributed by atoms with Gasteiger partial charge in [0.2, 0.25) is 0 Å². The molecule has 2 fully saturated rings. The molecule has 2 aromatic heterocycles. The van der Waals surface area contributed by atoms with Crippen LogP contribution >= 0.6 is 35.4 Å². The van der Waals surface area contributed by atoms with Crippen LogP contribution < -0.4 is 15.1 Å². The second kappa shape index (κ2) is 10.3. The number of pyridine rings is 1. The van der Waals surface area contributed by atoms with Crippen LogP contribution in [0.1, 0.15) is 23.5 Å². The van der Waals surface area contributed by atoms with E-state index in [4.69, 9.17) is 44.6 Å². The van der Waals surface area contributed by atoms with Gasteiger partial charge in [0.25, 0.3) is 0 Å². The van der Waals surface area contributed by atoms with E-state index in [1.807, 2.05) is 36.4 Å². The lowest BCUT2D eigenvalue weighted by Crippen LogP contribution is -2.36. The van der Waals surface area contributed by atoms with Crippen molar-refractivity contribution in [3.05, 3.63) is 100 Å². The molecule has 0 amide bonds. The van der Waals surface area contributed by atoms with E-state index >= 15 is 0 Å². The lowest BCUT2D eigenvalue weighted by Gasteiger charge is -2.30. The van der Waals surface area contributed by atoms with Gasteiger partial charge in [-0.05, 0) is 78.9 Å². The third-order valence-corrected chi connectivity index (χ3v) is 7.58. The van der Waals surface area contributed by atoms with E-state index in [1.54, 1.807) is 18.3 Å². The molecule has 1 N–H and O–H groups in total. The predicted octanol–water partition coefficient (Wildman–Crippen LogP) is 6.66. The smallest absolute Gasteiger partial charge is 0.174 e. The zero-order valence-corrected chi connectivity index (χ0v) is 22.1. The number of ether oxygens (including phenoxy) is 1. The van der Waals surface area contributed by atoms with Crippen LogP contribution in [-0.4, -0.2) is 36.4 Å². The Morgan fingerprint density at radius 3 is 2.43 bits per heavy atom. The van der Waals surface area contributed by atoms with Gasteiger partial charge in [-0.3, -0.25) is 4.98 Å². The van der Waals surface area contributed by atoms with Crippen LogP contribution in [-0.2, 0) is 4.74 Å². The lowest BCUT2D eigenvalue weighted by atomic mass is 10.0. The number of nitrogens with one attached hydrogen (secondary N) is 1. The van der Waals surface area contributed by atoms with Crippen molar-refractivity contribution < 1.29 is 9.15 Å². The molecule has 0 aliphatic carbocycles. The zero-order valence-electron chi connectivity index (χ0n) is 19.8. The Morgan fingerprint density at radius 1 is 0.919 bits per heavy atom. The van der Waals surface area contributed by atoms with Crippen molar-refractivity contribution in [1.82, 2.24) is 10.3 Å². The summed E-state index contributed by atoms with van der Waals surface area (Å²) in [7, 11) is 0. The number of thiocarbonyl (C=S) groups is 1. The van der Waals surface area contributed by atoms with Crippen LogP contribution in [0.3, 0.4) is 0 Å². The quantitative estimate of drug-likeness (QED) is 0.279. The van der Waals surface area contributed by atoms with Crippen molar-refractivity contribution in [3.63, 3.8) is 0 Å². The summed E-state index contributed by atoms with van der Waals surface area (Å²) in [5, 5.41) is 5.20. The number of nitrogens with zero attached hydrogens (tertiary/aromatic N) is 3. The monoisotopic (exact) mass is 550 g/mol. The molecule has 0 unspecified atom stereocenters. The van der Waals surface area contributed by atoms with Gasteiger partial charge in [-0.2, -0.15) is 0 Å². The molecule has 2 atom stereocenters. The van der Waals surface area contributed by atoms with Crippen LogP contribution in [0, 0.1) is 0 Å². The summed E-state index contributed by atoms with van der Waals surface area (Å²) >= 11 is 18.4. The number of halogens is 2. The third kappa shape index (κ3) is 4.80. The van der Waals surface area contributed by atoms with Crippen molar-refractivity contribution in [2.45, 2.75) is 12.1 Å². The van der Waals surface area contributed by atoms with E-state index in [-0.39, 0.29) is 12.1 Å². The van der Waals surface area contributed by atoms with Crippen LogP contribution in [0.5, 0.6) is 0 Å². The van der Waals surface area contributed by atoms with E-state index in [0.29, 0.717) is 20.9 Å². The second-order valence-electron chi connectivity index (χ2n) is 8.94. The fourth-order valence-corrected chi connectivity index (χ4v) is 5.76. The second-order valence-corrected chi connectivity index (χ2v) is 10.2. The first-order valence-corrected chi connectivity index (χ1v) is 13.2. The Bertz CT molecular complexity index is 1410. The summed E-state index contributed by atoms with van der Waals surface area (Å²) in [6, 6.07) is 23.2. The van der Waals surface area contributed by atoms with Gasteiger partial charge in [-0.25, -0.2) is 0 Å². The van der Waals surface area contributed by atoms with Crippen LogP contribution in [0.25, 0.3) is 11.3 Å². The van der Waals surface area contributed by atoms with Crippen LogP contribution in [0.4, 0.5) is 11.4 Å². The maximum atomic E-state index is 6.47. The molecule has 0 saturated carbocycles. The fourth-order valence-electron chi connectivity index (χ4n) is 4.91. The average Bonchev–Trinajstić information content (AvgIpc) is 3.54. The van der Waals surface area contributed by atoms with Gasteiger partial charge in [0, 0.05) is 41.2 Å². The van der Waals surface area contributed by atoms with Crippen LogP contribution in [0.2, 0.25) is 10.0 Å². The Hall–Kier alpha value is -3.10. The lowest BCUT2D eigenvalue weighted by molar-refractivity contribution is 0.122. The Kier molecular flexibility index (Phi) is 6.78. The van der Waals surface area contributed by atoms with Gasteiger partial charge in [-0.1, -0.05) is 29.3 Å². The van der Waals surface area contributed by atoms with Gasteiger partial charge < -0.3 is 24.3 Å². The van der Waals surface area contributed by atoms with E-state index in [0.717, 1.165) is 49.0 Å². The van der Waals surface area contributed by atoms with Gasteiger partial charge in [-0.15, -0.1) is 0 Å². The molecule has 0 radical (unpaired) electrons. The highest BCUT2D eigenvalue weighted by atomic mass is 35.5. The van der Waals surface area contributed by atoms with Crippen molar-refractivity contribution >= 4 is 51.9 Å². The summed E-state index contributed by atoms with van der Waals surface area (Å²) in [4.78, 5) is 9.05. The Morgan fingerprint density at radius 2 is 1.70 bits per heavy atom. The molecule has 4 heterocycles. The number of morpholine rings is 1. The van der Waals surface area contributed by atoms with E-state index in [1.165, 1.54) is 5.69 Å². The molecule has 9 heteroatoms. The standard InChI is InChI=1S/C28H24Cl2N4O2S/c29-18-4-9-21(22(30)17-18)24-10-11-25(36-24)27-26(23-3-1-2-12-31-23)32-28(37)34(27)20-7-5-19(6-8-20)33-13-15-35-16-14-33/h1-12,17,26-27H,13-16H2,(H,32,37)/t26-,27+/m0/s1. The molecule has 37 heavy (non-hydrogen) atoms. The first-order chi connectivity index (χ1) is 18.1. The largest absolute Gasteiger partial charge is 0.459 e. The molecule has 2 saturated heterocycles. The fraction of sp³-hybridized carbons (Fsp3) is 0.214. The SMILES string of the molecule is S=C1N[C@@H](c2ccccn2)[C@@H](c2ccc(-c3ccc(Cl)cc3Cl)o2)N1c1ccc(N2CCOCC2)cc1. The number of furan rings is 1. The third-order valence-electron chi connectivity index (χ3n) is 6.72. The molecular formula is C28H24Cl2N4O2S. The van der Waals surface area contributed by atoms with E-state index < -0.39 is 0 Å². The summed E-state index contributed by atoms with van der Waals surface area (Å²) < 4.78 is 11.9. The molecule has 2 aliphatic heterocycles. The molecule has 4 aromatic rings. The number of hydrogen-bond acceptors (Lipinski definition) is 5. The molecule has 0 bridgehead atoms. The number of aromatic nitrogens is 1. The minimum absolute atomic E-state index is 0.202. The minimum atomic E-state index is -0.253. The van der Waals surface area contributed by atoms with Crippen molar-refractivity contribution in [1.29, 1.82) is 0 Å². The topological polar surface area (TPSA) is 53.8 Å². The van der Waals surface area contributed by atoms with Gasteiger partial charge in [0.05, 0.1) is 30.0 Å².